The van der Waals surface area contributed by atoms with Gasteiger partial charge in [-0.25, -0.2) is 8.78 Å². The molecule has 1 aliphatic heterocycles. The Morgan fingerprint density at radius 3 is 2.29 bits per heavy atom. The van der Waals surface area contributed by atoms with Crippen molar-refractivity contribution in [2.75, 3.05) is 26.2 Å². The average molecular weight is 298 g/mol. The van der Waals surface area contributed by atoms with Crippen LogP contribution in [0.1, 0.15) is 17.3 Å². The molecule has 1 aliphatic rings. The average Bonchev–Trinajstić information content (AvgIpc) is 2.48. The summed E-state index contributed by atoms with van der Waals surface area (Å²) in [6, 6.07) is 2.73. The Hall–Kier alpha value is -2.02. The minimum Gasteiger partial charge on any atom is -0.384 e. The van der Waals surface area contributed by atoms with Gasteiger partial charge < -0.3 is 14.9 Å². The summed E-state index contributed by atoms with van der Waals surface area (Å²) in [5, 5.41) is 9.23. The monoisotopic (exact) mass is 298 g/mol. The molecule has 0 saturated carbocycles. The first kappa shape index (κ1) is 15.4. The number of carbonyl (C=O) groups excluding carboxylic acids is 2. The molecule has 1 unspecified atom stereocenters. The zero-order chi connectivity index (χ0) is 15.6. The Morgan fingerprint density at radius 2 is 1.71 bits per heavy atom. The zero-order valence-electron chi connectivity index (χ0n) is 11.6. The van der Waals surface area contributed by atoms with E-state index in [1.165, 1.54) is 16.7 Å². The van der Waals surface area contributed by atoms with E-state index in [1.54, 1.807) is 0 Å². The van der Waals surface area contributed by atoms with Crippen LogP contribution >= 0.6 is 0 Å². The van der Waals surface area contributed by atoms with E-state index in [2.05, 4.69) is 0 Å². The van der Waals surface area contributed by atoms with Crippen molar-refractivity contribution in [3.63, 3.8) is 0 Å². The highest BCUT2D eigenvalue weighted by molar-refractivity contribution is 5.94. The van der Waals surface area contributed by atoms with E-state index in [1.807, 2.05) is 0 Å². The fourth-order valence-electron chi connectivity index (χ4n) is 2.23. The van der Waals surface area contributed by atoms with Crippen LogP contribution in [0.2, 0.25) is 0 Å². The number of piperazine rings is 1. The van der Waals surface area contributed by atoms with E-state index in [9.17, 15) is 23.5 Å². The summed E-state index contributed by atoms with van der Waals surface area (Å²) in [7, 11) is 0. The number of hydrogen-bond acceptors (Lipinski definition) is 3. The van der Waals surface area contributed by atoms with Gasteiger partial charge in [0.05, 0.1) is 5.56 Å². The van der Waals surface area contributed by atoms with Crippen LogP contribution in [0, 0.1) is 11.6 Å². The second-order valence-corrected chi connectivity index (χ2v) is 4.92. The van der Waals surface area contributed by atoms with Gasteiger partial charge in [-0.15, -0.1) is 0 Å². The van der Waals surface area contributed by atoms with Crippen LogP contribution in [0.5, 0.6) is 0 Å². The van der Waals surface area contributed by atoms with E-state index in [0.29, 0.717) is 0 Å². The maximum Gasteiger partial charge on any atom is 0.257 e. The van der Waals surface area contributed by atoms with Crippen LogP contribution < -0.4 is 0 Å². The second kappa shape index (κ2) is 6.17. The number of aliphatic hydroxyl groups is 1. The van der Waals surface area contributed by atoms with Crippen LogP contribution in [0.4, 0.5) is 8.78 Å². The Balaban J connectivity index is 2.03. The van der Waals surface area contributed by atoms with Crippen molar-refractivity contribution in [1.29, 1.82) is 0 Å². The highest BCUT2D eigenvalue weighted by Crippen LogP contribution is 2.14. The fourth-order valence-corrected chi connectivity index (χ4v) is 2.23. The molecule has 1 N–H and O–H groups in total. The van der Waals surface area contributed by atoms with Gasteiger partial charge in [-0.2, -0.15) is 0 Å². The molecule has 0 aliphatic carbocycles. The molecule has 0 bridgehead atoms. The molecule has 5 nitrogen and oxygen atoms in total. The van der Waals surface area contributed by atoms with Crippen molar-refractivity contribution in [1.82, 2.24) is 9.80 Å². The summed E-state index contributed by atoms with van der Waals surface area (Å²) >= 11 is 0. The molecule has 7 heteroatoms. The van der Waals surface area contributed by atoms with Crippen LogP contribution in [-0.4, -0.2) is 59.0 Å². The predicted molar refractivity (Wildman–Crippen MR) is 70.5 cm³/mol. The third-order valence-corrected chi connectivity index (χ3v) is 3.39. The summed E-state index contributed by atoms with van der Waals surface area (Å²) < 4.78 is 26.7. The lowest BCUT2D eigenvalue weighted by atomic mass is 10.1. The number of rotatable bonds is 2. The lowest BCUT2D eigenvalue weighted by molar-refractivity contribution is -0.140. The lowest BCUT2D eigenvalue weighted by Gasteiger charge is -2.35. The molecule has 21 heavy (non-hydrogen) atoms. The van der Waals surface area contributed by atoms with Crippen LogP contribution in [0.3, 0.4) is 0 Å². The van der Waals surface area contributed by atoms with Crippen molar-refractivity contribution in [2.24, 2.45) is 0 Å². The normalized spacial score (nSPS) is 16.8. The quantitative estimate of drug-likeness (QED) is 0.871. The van der Waals surface area contributed by atoms with Crippen molar-refractivity contribution in [3.8, 4) is 0 Å². The molecule has 2 amide bonds. The molecule has 1 saturated heterocycles. The minimum atomic E-state index is -1.09. The first-order valence-corrected chi connectivity index (χ1v) is 6.61. The van der Waals surface area contributed by atoms with Gasteiger partial charge in [-0.05, 0) is 25.1 Å². The van der Waals surface area contributed by atoms with Gasteiger partial charge in [0.2, 0.25) is 0 Å². The molecule has 1 aromatic carbocycles. The number of nitrogens with zero attached hydrogens (tertiary/aromatic N) is 2. The van der Waals surface area contributed by atoms with E-state index < -0.39 is 29.6 Å². The van der Waals surface area contributed by atoms with E-state index in [4.69, 9.17) is 0 Å². The zero-order valence-corrected chi connectivity index (χ0v) is 11.6. The van der Waals surface area contributed by atoms with Crippen molar-refractivity contribution in [2.45, 2.75) is 13.0 Å². The molecule has 2 rings (SSSR count). The molecule has 114 valence electrons. The molecule has 1 fully saturated rings. The van der Waals surface area contributed by atoms with Crippen LogP contribution in [0.15, 0.2) is 18.2 Å². The molecule has 0 aromatic heterocycles. The molecule has 1 heterocycles. The van der Waals surface area contributed by atoms with Gasteiger partial charge in [0.25, 0.3) is 11.8 Å². The Labute approximate surface area is 120 Å². The first-order valence-electron chi connectivity index (χ1n) is 6.61. The number of hydrogen-bond donors (Lipinski definition) is 1. The third-order valence-electron chi connectivity index (χ3n) is 3.39. The number of amides is 2. The Bertz CT molecular complexity index is 555. The highest BCUT2D eigenvalue weighted by atomic mass is 19.1. The highest BCUT2D eigenvalue weighted by Gasteiger charge is 2.27. The van der Waals surface area contributed by atoms with Gasteiger partial charge in [0, 0.05) is 26.2 Å². The smallest absolute Gasteiger partial charge is 0.257 e. The Morgan fingerprint density at radius 1 is 1.14 bits per heavy atom. The molecular formula is C14H16F2N2O3. The number of aliphatic hydroxyl groups excluding tert-OH is 1. The van der Waals surface area contributed by atoms with Crippen LogP contribution in [0.25, 0.3) is 0 Å². The summed E-state index contributed by atoms with van der Waals surface area (Å²) in [5.41, 5.74) is -0.315. The summed E-state index contributed by atoms with van der Waals surface area (Å²) in [5.74, 6) is -2.46. The topological polar surface area (TPSA) is 60.9 Å². The molecule has 0 spiro atoms. The molecule has 0 radical (unpaired) electrons. The van der Waals surface area contributed by atoms with Gasteiger partial charge in [-0.1, -0.05) is 0 Å². The third kappa shape index (κ3) is 3.36. The molecular weight excluding hydrogens is 282 g/mol. The van der Waals surface area contributed by atoms with Crippen molar-refractivity contribution >= 4 is 11.8 Å². The Kier molecular flexibility index (Phi) is 4.52. The van der Waals surface area contributed by atoms with Gasteiger partial charge in [0.1, 0.15) is 17.7 Å². The molecule has 1 aromatic rings. The van der Waals surface area contributed by atoms with Crippen molar-refractivity contribution in [3.05, 3.63) is 35.4 Å². The second-order valence-electron chi connectivity index (χ2n) is 4.92. The fraction of sp³-hybridized carbons (Fsp3) is 0.429. The summed E-state index contributed by atoms with van der Waals surface area (Å²) in [4.78, 5) is 26.6. The van der Waals surface area contributed by atoms with Gasteiger partial charge in [-0.3, -0.25) is 9.59 Å². The maximum absolute atomic E-state index is 13.6. The van der Waals surface area contributed by atoms with Gasteiger partial charge in [0.15, 0.2) is 0 Å². The standard InChI is InChI=1S/C14H16F2N2O3/c1-9(19)13(20)17-4-6-18(7-5-17)14(21)11-8-10(15)2-3-12(11)16/h2-3,8-9,19H,4-7H2,1H3. The number of benzene rings is 1. The van der Waals surface area contributed by atoms with Crippen molar-refractivity contribution < 1.29 is 23.5 Å². The summed E-state index contributed by atoms with van der Waals surface area (Å²) in [6.45, 7) is 2.32. The maximum atomic E-state index is 13.6. The number of carbonyl (C=O) groups is 2. The largest absolute Gasteiger partial charge is 0.384 e. The molecule has 1 atom stereocenters. The lowest BCUT2D eigenvalue weighted by Crippen LogP contribution is -2.52. The number of halogens is 2. The van der Waals surface area contributed by atoms with E-state index in [0.717, 1.165) is 18.2 Å². The van der Waals surface area contributed by atoms with E-state index >= 15 is 0 Å². The van der Waals surface area contributed by atoms with E-state index in [-0.39, 0.29) is 31.7 Å². The van der Waals surface area contributed by atoms with Crippen LogP contribution in [-0.2, 0) is 4.79 Å². The van der Waals surface area contributed by atoms with Gasteiger partial charge >= 0.3 is 0 Å². The SMILES string of the molecule is CC(O)C(=O)N1CCN(C(=O)c2cc(F)ccc2F)CC1. The first-order chi connectivity index (χ1) is 9.90. The summed E-state index contributed by atoms with van der Waals surface area (Å²) in [6.07, 6.45) is -1.09. The predicted octanol–water partition coefficient (Wildman–Crippen LogP) is 0.630. The minimum absolute atomic E-state index is 0.216.